The Morgan fingerprint density at radius 3 is 2.49 bits per heavy atom. The Morgan fingerprint density at radius 1 is 1.02 bits per heavy atom. The monoisotopic (exact) mass is 633 g/mol. The number of amides is 2. The first-order chi connectivity index (χ1) is 21.6. The molecule has 0 radical (unpaired) electrons. The number of hydrogen-bond donors (Lipinski definition) is 1. The molecule has 2 aliphatic heterocycles. The van der Waals surface area contributed by atoms with Crippen LogP contribution in [0.1, 0.15) is 83.7 Å². The van der Waals surface area contributed by atoms with Crippen molar-refractivity contribution in [3.05, 3.63) is 64.7 Å². The number of anilines is 2. The topological polar surface area (TPSA) is 119 Å². The second kappa shape index (κ2) is 13.9. The minimum Gasteiger partial charge on any atom is -0.493 e. The first kappa shape index (κ1) is 32.3. The Bertz CT molecular complexity index is 1640. The maximum absolute atomic E-state index is 13.4. The molecule has 238 valence electrons. The molecule has 2 atom stereocenters. The standard InChI is InChI=1S/C35H40ClN3O6/c1-21-15-29(35(43)38-13-8-9-25(38)20-45-23(3)41)30(37)17-32(21)44-14-7-6-12-33(42)39-19-24(18-36)34-27-11-5-4-10-26(27)28(22(2)40)16-31(34)39/h4-5,10-11,15-17,24-25H,6-9,12-14,18-20,37H2,1-3H3/t24-,25+/m1/s1. The van der Waals surface area contributed by atoms with E-state index < -0.39 is 0 Å². The molecule has 0 aliphatic carbocycles. The van der Waals surface area contributed by atoms with Gasteiger partial charge >= 0.3 is 5.97 Å². The number of aryl methyl sites for hydroxylation is 1. The van der Waals surface area contributed by atoms with Gasteiger partial charge in [-0.3, -0.25) is 19.2 Å². The van der Waals surface area contributed by atoms with E-state index in [0.717, 1.165) is 40.4 Å². The number of alkyl halides is 1. The molecule has 2 amide bonds. The average molecular weight is 634 g/mol. The number of esters is 1. The highest BCUT2D eigenvalue weighted by atomic mass is 35.5. The lowest BCUT2D eigenvalue weighted by molar-refractivity contribution is -0.142. The lowest BCUT2D eigenvalue weighted by Crippen LogP contribution is -2.39. The van der Waals surface area contributed by atoms with Gasteiger partial charge in [0, 0.05) is 61.2 Å². The van der Waals surface area contributed by atoms with E-state index in [9.17, 15) is 19.2 Å². The molecule has 0 spiro atoms. The van der Waals surface area contributed by atoms with Gasteiger partial charge in [0.15, 0.2) is 5.78 Å². The number of nitrogens with two attached hydrogens (primary N) is 1. The minimum absolute atomic E-state index is 0.00613. The van der Waals surface area contributed by atoms with Crippen LogP contribution in [0.3, 0.4) is 0 Å². The van der Waals surface area contributed by atoms with Crippen LogP contribution >= 0.6 is 11.6 Å². The van der Waals surface area contributed by atoms with E-state index in [4.69, 9.17) is 26.8 Å². The van der Waals surface area contributed by atoms with E-state index in [-0.39, 0.29) is 42.1 Å². The summed E-state index contributed by atoms with van der Waals surface area (Å²) in [5.74, 6) is 0.371. The fourth-order valence-electron chi connectivity index (χ4n) is 6.48. The molecule has 3 aromatic rings. The van der Waals surface area contributed by atoms with Gasteiger partial charge in [0.05, 0.1) is 18.2 Å². The number of halogens is 1. The fraction of sp³-hybridized carbons (Fsp3) is 0.429. The summed E-state index contributed by atoms with van der Waals surface area (Å²) < 4.78 is 11.2. The van der Waals surface area contributed by atoms with E-state index in [1.165, 1.54) is 6.92 Å². The quantitative estimate of drug-likeness (QED) is 0.0902. The third-order valence-electron chi connectivity index (χ3n) is 8.77. The van der Waals surface area contributed by atoms with Crippen LogP contribution < -0.4 is 15.4 Å². The van der Waals surface area contributed by atoms with Crippen molar-refractivity contribution in [3.8, 4) is 5.75 Å². The smallest absolute Gasteiger partial charge is 0.302 e. The first-order valence-electron chi connectivity index (χ1n) is 15.5. The molecule has 5 rings (SSSR count). The third kappa shape index (κ3) is 6.78. The molecule has 3 aromatic carbocycles. The number of unbranched alkanes of at least 4 members (excludes halogenated alkanes) is 1. The molecule has 1 fully saturated rings. The number of likely N-dealkylation sites (tertiary alicyclic amines) is 1. The van der Waals surface area contributed by atoms with Gasteiger partial charge in [-0.1, -0.05) is 24.3 Å². The van der Waals surface area contributed by atoms with Crippen LogP contribution in [-0.4, -0.2) is 66.7 Å². The second-order valence-electron chi connectivity index (χ2n) is 11.9. The lowest BCUT2D eigenvalue weighted by atomic mass is 9.92. The van der Waals surface area contributed by atoms with E-state index in [1.54, 1.807) is 28.9 Å². The van der Waals surface area contributed by atoms with Crippen molar-refractivity contribution in [1.82, 2.24) is 4.90 Å². The average Bonchev–Trinajstić information content (AvgIpc) is 3.65. The number of nitrogens with zero attached hydrogens (tertiary/aromatic N) is 2. The number of benzene rings is 3. The summed E-state index contributed by atoms with van der Waals surface area (Å²) in [7, 11) is 0. The maximum Gasteiger partial charge on any atom is 0.302 e. The van der Waals surface area contributed by atoms with Crippen LogP contribution in [0.15, 0.2) is 42.5 Å². The van der Waals surface area contributed by atoms with E-state index in [1.807, 2.05) is 37.3 Å². The summed E-state index contributed by atoms with van der Waals surface area (Å²) in [5, 5.41) is 1.86. The summed E-state index contributed by atoms with van der Waals surface area (Å²) in [5.41, 5.74) is 10.2. The van der Waals surface area contributed by atoms with Crippen LogP contribution in [0.4, 0.5) is 11.4 Å². The first-order valence-corrected chi connectivity index (χ1v) is 16.0. The summed E-state index contributed by atoms with van der Waals surface area (Å²) in [6, 6.07) is 12.9. The van der Waals surface area contributed by atoms with Gasteiger partial charge in [-0.15, -0.1) is 11.6 Å². The number of nitrogen functional groups attached to an aromatic ring is 1. The second-order valence-corrected chi connectivity index (χ2v) is 12.2. The molecule has 10 heteroatoms. The van der Waals surface area contributed by atoms with Crippen molar-refractivity contribution in [3.63, 3.8) is 0 Å². The Hall–Kier alpha value is -4.11. The van der Waals surface area contributed by atoms with Crippen LogP contribution in [0, 0.1) is 6.92 Å². The molecule has 1 saturated heterocycles. The molecular formula is C35H40ClN3O6. The molecule has 0 saturated carbocycles. The Labute approximate surface area is 268 Å². The largest absolute Gasteiger partial charge is 0.493 e. The van der Waals surface area contributed by atoms with Gasteiger partial charge in [0.1, 0.15) is 12.4 Å². The van der Waals surface area contributed by atoms with Crippen LogP contribution in [0.2, 0.25) is 0 Å². The molecule has 0 bridgehead atoms. The predicted molar refractivity (Wildman–Crippen MR) is 175 cm³/mol. The van der Waals surface area contributed by atoms with Gasteiger partial charge < -0.3 is 25.0 Å². The van der Waals surface area contributed by atoms with Crippen LogP contribution in [0.5, 0.6) is 5.75 Å². The Kier molecular flexibility index (Phi) is 9.97. The number of fused-ring (bicyclic) bond motifs is 3. The zero-order chi connectivity index (χ0) is 32.2. The fourth-order valence-corrected chi connectivity index (χ4v) is 6.74. The lowest BCUT2D eigenvalue weighted by Gasteiger charge is -2.25. The zero-order valence-corrected chi connectivity index (χ0v) is 26.8. The molecule has 0 unspecified atom stereocenters. The number of carbonyl (C=O) groups excluding carboxylic acids is 4. The third-order valence-corrected chi connectivity index (χ3v) is 9.14. The Morgan fingerprint density at radius 2 is 1.78 bits per heavy atom. The number of ketones is 1. The SMILES string of the molecule is CC(=O)OC[C@@H]1CCCN1C(=O)c1cc(C)c(OCCCCC(=O)N2C[C@@H](CCl)c3c2cc(C(C)=O)c2ccccc32)cc1N. The minimum atomic E-state index is -0.367. The molecule has 2 aliphatic rings. The summed E-state index contributed by atoms with van der Waals surface area (Å²) in [4.78, 5) is 53.9. The number of ether oxygens (including phenoxy) is 2. The van der Waals surface area contributed by atoms with Crippen molar-refractivity contribution in [2.24, 2.45) is 0 Å². The van der Waals surface area contributed by atoms with Crippen molar-refractivity contribution < 1.29 is 28.7 Å². The number of Topliss-reactive ketones (excluding diaryl/α,β-unsaturated/α-hetero) is 1. The molecule has 45 heavy (non-hydrogen) atoms. The highest BCUT2D eigenvalue weighted by Gasteiger charge is 2.35. The summed E-state index contributed by atoms with van der Waals surface area (Å²) in [6.07, 6.45) is 3.21. The normalized spacial score (nSPS) is 17.4. The van der Waals surface area contributed by atoms with E-state index in [0.29, 0.717) is 67.4 Å². The van der Waals surface area contributed by atoms with Crippen LogP contribution in [-0.2, 0) is 14.3 Å². The van der Waals surface area contributed by atoms with Crippen molar-refractivity contribution >= 4 is 57.3 Å². The van der Waals surface area contributed by atoms with Crippen molar-refractivity contribution in [1.29, 1.82) is 0 Å². The predicted octanol–water partition coefficient (Wildman–Crippen LogP) is 6.02. The highest BCUT2D eigenvalue weighted by Crippen LogP contribution is 2.43. The number of carbonyl (C=O) groups is 4. The highest BCUT2D eigenvalue weighted by molar-refractivity contribution is 6.19. The number of hydrogen-bond acceptors (Lipinski definition) is 7. The van der Waals surface area contributed by atoms with Gasteiger partial charge in [-0.25, -0.2) is 0 Å². The van der Waals surface area contributed by atoms with Crippen molar-refractivity contribution in [2.45, 2.75) is 64.8 Å². The molecule has 2 heterocycles. The number of rotatable bonds is 11. The summed E-state index contributed by atoms with van der Waals surface area (Å²) >= 11 is 6.36. The molecule has 0 aromatic heterocycles. The van der Waals surface area contributed by atoms with Gasteiger partial charge in [0.2, 0.25) is 5.91 Å². The molecule has 2 N–H and O–H groups in total. The van der Waals surface area contributed by atoms with E-state index in [2.05, 4.69) is 0 Å². The maximum atomic E-state index is 13.4. The Balaban J connectivity index is 1.18. The molecular weight excluding hydrogens is 594 g/mol. The van der Waals surface area contributed by atoms with Gasteiger partial charge in [0.25, 0.3) is 5.91 Å². The van der Waals surface area contributed by atoms with E-state index >= 15 is 0 Å². The van der Waals surface area contributed by atoms with Gasteiger partial charge in [-0.2, -0.15) is 0 Å². The van der Waals surface area contributed by atoms with Crippen LogP contribution in [0.25, 0.3) is 10.8 Å². The zero-order valence-electron chi connectivity index (χ0n) is 26.1. The van der Waals surface area contributed by atoms with Gasteiger partial charge in [-0.05, 0) is 73.6 Å². The summed E-state index contributed by atoms with van der Waals surface area (Å²) in [6.45, 7) is 6.42. The van der Waals surface area contributed by atoms with Crippen molar-refractivity contribution in [2.75, 3.05) is 42.8 Å². The molecule has 9 nitrogen and oxygen atoms in total.